The van der Waals surface area contributed by atoms with Gasteiger partial charge >= 0.3 is 5.97 Å². The second kappa shape index (κ2) is 4.32. The minimum Gasteiger partial charge on any atom is -0.476 e. The van der Waals surface area contributed by atoms with Gasteiger partial charge in [-0.05, 0) is 6.42 Å². The van der Waals surface area contributed by atoms with Crippen molar-refractivity contribution in [2.45, 2.75) is 19.9 Å². The van der Waals surface area contributed by atoms with Crippen molar-refractivity contribution < 1.29 is 9.90 Å². The summed E-state index contributed by atoms with van der Waals surface area (Å²) in [5.74, 6) is -1.06. The molecule has 2 heterocycles. The molecule has 0 aliphatic carbocycles. The van der Waals surface area contributed by atoms with E-state index >= 15 is 0 Å². The van der Waals surface area contributed by atoms with Crippen molar-refractivity contribution in [3.8, 4) is 0 Å². The summed E-state index contributed by atoms with van der Waals surface area (Å²) < 4.78 is 3.11. The summed E-state index contributed by atoms with van der Waals surface area (Å²) in [6.45, 7) is 2.23. The summed E-state index contributed by atoms with van der Waals surface area (Å²) in [7, 11) is 1.77. The zero-order chi connectivity index (χ0) is 12.4. The summed E-state index contributed by atoms with van der Waals surface area (Å²) in [5, 5.41) is 24.1. The highest BCUT2D eigenvalue weighted by Crippen LogP contribution is 2.08. The zero-order valence-corrected chi connectivity index (χ0v) is 9.53. The van der Waals surface area contributed by atoms with Crippen LogP contribution in [0.2, 0.25) is 0 Å². The first-order valence-electron chi connectivity index (χ1n) is 5.12. The van der Waals surface area contributed by atoms with E-state index in [2.05, 4.69) is 20.6 Å². The molecule has 0 amide bonds. The standard InChI is InChI=1S/C9H12N6O2/c1-3-7-8(9(16)17)11-13-15(7)5-6-4-14(2)12-10-6/h4H,3,5H2,1-2H3,(H,16,17). The van der Waals surface area contributed by atoms with Gasteiger partial charge in [0.2, 0.25) is 0 Å². The molecule has 2 aromatic heterocycles. The quantitative estimate of drug-likeness (QED) is 0.783. The van der Waals surface area contributed by atoms with Crippen LogP contribution in [-0.4, -0.2) is 41.1 Å². The minimum absolute atomic E-state index is 0.00334. The Morgan fingerprint density at radius 2 is 2.18 bits per heavy atom. The molecule has 0 fully saturated rings. The van der Waals surface area contributed by atoms with E-state index < -0.39 is 5.97 Å². The molecule has 0 aliphatic heterocycles. The molecule has 8 heteroatoms. The van der Waals surface area contributed by atoms with Gasteiger partial charge < -0.3 is 5.11 Å². The smallest absolute Gasteiger partial charge is 0.358 e. The van der Waals surface area contributed by atoms with E-state index in [0.29, 0.717) is 24.4 Å². The lowest BCUT2D eigenvalue weighted by molar-refractivity contribution is 0.0689. The van der Waals surface area contributed by atoms with Crippen molar-refractivity contribution in [2.75, 3.05) is 0 Å². The van der Waals surface area contributed by atoms with Gasteiger partial charge in [0.1, 0.15) is 5.69 Å². The predicted molar refractivity (Wildman–Crippen MR) is 56.5 cm³/mol. The summed E-state index contributed by atoms with van der Waals surface area (Å²) in [5.41, 5.74) is 1.29. The van der Waals surface area contributed by atoms with Crippen molar-refractivity contribution in [1.29, 1.82) is 0 Å². The van der Waals surface area contributed by atoms with Crippen LogP contribution in [0.5, 0.6) is 0 Å². The molecule has 90 valence electrons. The Kier molecular flexibility index (Phi) is 2.86. The fourth-order valence-corrected chi connectivity index (χ4v) is 1.60. The molecule has 0 aromatic carbocycles. The Hall–Kier alpha value is -2.25. The first kappa shape index (κ1) is 11.2. The van der Waals surface area contributed by atoms with Crippen molar-refractivity contribution in [3.63, 3.8) is 0 Å². The average Bonchev–Trinajstić information content (AvgIpc) is 2.85. The van der Waals surface area contributed by atoms with Crippen LogP contribution in [0.4, 0.5) is 0 Å². The zero-order valence-electron chi connectivity index (χ0n) is 9.53. The van der Waals surface area contributed by atoms with Gasteiger partial charge in [-0.3, -0.25) is 4.68 Å². The van der Waals surface area contributed by atoms with Gasteiger partial charge in [0.15, 0.2) is 5.69 Å². The van der Waals surface area contributed by atoms with E-state index in [4.69, 9.17) is 5.11 Å². The molecular formula is C9H12N6O2. The van der Waals surface area contributed by atoms with Gasteiger partial charge in [0, 0.05) is 13.2 Å². The minimum atomic E-state index is -1.06. The van der Waals surface area contributed by atoms with Crippen LogP contribution in [0.25, 0.3) is 0 Å². The van der Waals surface area contributed by atoms with Crippen LogP contribution in [-0.2, 0) is 20.0 Å². The molecule has 2 rings (SSSR count). The van der Waals surface area contributed by atoms with Crippen LogP contribution in [0, 0.1) is 0 Å². The van der Waals surface area contributed by atoms with Crippen molar-refractivity contribution in [3.05, 3.63) is 23.3 Å². The maximum Gasteiger partial charge on any atom is 0.358 e. The Morgan fingerprint density at radius 3 is 2.71 bits per heavy atom. The first-order chi connectivity index (χ1) is 8.11. The molecule has 2 aromatic rings. The summed E-state index contributed by atoms with van der Waals surface area (Å²) >= 11 is 0. The number of aromatic carboxylic acids is 1. The number of aromatic nitrogens is 6. The van der Waals surface area contributed by atoms with Gasteiger partial charge in [-0.1, -0.05) is 17.4 Å². The Balaban J connectivity index is 2.30. The van der Waals surface area contributed by atoms with Crippen LogP contribution >= 0.6 is 0 Å². The van der Waals surface area contributed by atoms with Crippen LogP contribution in [0.3, 0.4) is 0 Å². The SMILES string of the molecule is CCc1c(C(=O)O)nnn1Cc1cn(C)nn1. The Labute approximate surface area is 96.9 Å². The van der Waals surface area contributed by atoms with E-state index in [1.807, 2.05) is 6.92 Å². The highest BCUT2D eigenvalue weighted by atomic mass is 16.4. The Bertz CT molecular complexity index is 543. The summed E-state index contributed by atoms with van der Waals surface area (Å²) in [6, 6.07) is 0. The third-order valence-electron chi connectivity index (χ3n) is 2.34. The molecule has 8 nitrogen and oxygen atoms in total. The second-order valence-electron chi connectivity index (χ2n) is 3.58. The number of nitrogens with zero attached hydrogens (tertiary/aromatic N) is 6. The van der Waals surface area contributed by atoms with Crippen LogP contribution in [0.15, 0.2) is 6.20 Å². The molecular weight excluding hydrogens is 224 g/mol. The summed E-state index contributed by atoms with van der Waals surface area (Å²) in [4.78, 5) is 10.9. The number of carbonyl (C=O) groups is 1. The second-order valence-corrected chi connectivity index (χ2v) is 3.58. The lowest BCUT2D eigenvalue weighted by atomic mass is 10.2. The van der Waals surface area contributed by atoms with Crippen LogP contribution < -0.4 is 0 Å². The third kappa shape index (κ3) is 2.14. The van der Waals surface area contributed by atoms with E-state index in [-0.39, 0.29) is 5.69 Å². The monoisotopic (exact) mass is 236 g/mol. The number of carboxylic acids is 1. The Morgan fingerprint density at radius 1 is 1.41 bits per heavy atom. The average molecular weight is 236 g/mol. The maximum atomic E-state index is 10.9. The summed E-state index contributed by atoms with van der Waals surface area (Å²) in [6.07, 6.45) is 2.30. The van der Waals surface area contributed by atoms with E-state index in [1.54, 1.807) is 17.9 Å². The maximum absolute atomic E-state index is 10.9. The van der Waals surface area contributed by atoms with Crippen LogP contribution in [0.1, 0.15) is 28.8 Å². The van der Waals surface area contributed by atoms with Crippen molar-refractivity contribution >= 4 is 5.97 Å². The molecule has 0 saturated carbocycles. The van der Waals surface area contributed by atoms with Crippen molar-refractivity contribution in [1.82, 2.24) is 30.0 Å². The number of aryl methyl sites for hydroxylation is 1. The topological polar surface area (TPSA) is 98.7 Å². The normalized spacial score (nSPS) is 10.7. The van der Waals surface area contributed by atoms with Gasteiger partial charge in [0.05, 0.1) is 12.2 Å². The largest absolute Gasteiger partial charge is 0.476 e. The molecule has 17 heavy (non-hydrogen) atoms. The lowest BCUT2D eigenvalue weighted by Gasteiger charge is -2.01. The van der Waals surface area contributed by atoms with Gasteiger partial charge in [-0.25, -0.2) is 9.48 Å². The molecule has 0 aliphatic rings. The van der Waals surface area contributed by atoms with Gasteiger partial charge in [-0.15, -0.1) is 10.2 Å². The first-order valence-corrected chi connectivity index (χ1v) is 5.12. The van der Waals surface area contributed by atoms with Gasteiger partial charge in [0.25, 0.3) is 0 Å². The third-order valence-corrected chi connectivity index (χ3v) is 2.34. The molecule has 0 unspecified atom stereocenters. The fourth-order valence-electron chi connectivity index (χ4n) is 1.60. The predicted octanol–water partition coefficient (Wildman–Crippen LogP) is -0.285. The molecule has 0 atom stereocenters. The molecule has 0 radical (unpaired) electrons. The lowest BCUT2D eigenvalue weighted by Crippen LogP contribution is -2.08. The number of rotatable bonds is 4. The molecule has 1 N–H and O–H groups in total. The van der Waals surface area contributed by atoms with Crippen molar-refractivity contribution in [2.24, 2.45) is 7.05 Å². The van der Waals surface area contributed by atoms with Gasteiger partial charge in [-0.2, -0.15) is 0 Å². The fraction of sp³-hybridized carbons (Fsp3) is 0.444. The number of carboxylic acid groups (broad SMARTS) is 1. The van der Waals surface area contributed by atoms with E-state index in [9.17, 15) is 4.79 Å². The van der Waals surface area contributed by atoms with E-state index in [1.165, 1.54) is 4.68 Å². The highest BCUT2D eigenvalue weighted by Gasteiger charge is 2.17. The van der Waals surface area contributed by atoms with E-state index in [0.717, 1.165) is 0 Å². The highest BCUT2D eigenvalue weighted by molar-refractivity contribution is 5.86. The molecule has 0 spiro atoms. The molecule has 0 bridgehead atoms. The molecule has 0 saturated heterocycles. The number of hydrogen-bond acceptors (Lipinski definition) is 5. The number of hydrogen-bond donors (Lipinski definition) is 1.